The first kappa shape index (κ1) is 14.4. The molecule has 110 valence electrons. The molecule has 0 amide bonds. The second-order valence-corrected chi connectivity index (χ2v) is 5.49. The molecule has 0 fully saturated rings. The van der Waals surface area contributed by atoms with Crippen molar-refractivity contribution in [2.24, 2.45) is 0 Å². The normalized spacial score (nSPS) is 15.0. The van der Waals surface area contributed by atoms with E-state index in [0.717, 1.165) is 16.8 Å². The van der Waals surface area contributed by atoms with E-state index in [1.165, 1.54) is 0 Å². The molecule has 0 aliphatic heterocycles. The van der Waals surface area contributed by atoms with Gasteiger partial charge in [0.05, 0.1) is 11.6 Å². The third-order valence-electron chi connectivity index (χ3n) is 3.92. The summed E-state index contributed by atoms with van der Waals surface area (Å²) in [5.74, 6) is -0.265. The molecule has 1 aromatic carbocycles. The van der Waals surface area contributed by atoms with Crippen molar-refractivity contribution in [2.75, 3.05) is 0 Å². The summed E-state index contributed by atoms with van der Waals surface area (Å²) in [7, 11) is 0. The van der Waals surface area contributed by atoms with E-state index >= 15 is 0 Å². The maximum absolute atomic E-state index is 11.3. The predicted molar refractivity (Wildman–Crippen MR) is 86.3 cm³/mol. The minimum atomic E-state index is -1.11. The van der Waals surface area contributed by atoms with Crippen LogP contribution in [0.15, 0.2) is 79.3 Å². The summed E-state index contributed by atoms with van der Waals surface area (Å²) in [5, 5.41) is 11.3. The van der Waals surface area contributed by atoms with Crippen LogP contribution in [0.4, 0.5) is 0 Å². The van der Waals surface area contributed by atoms with Gasteiger partial charge in [0.25, 0.3) is 0 Å². The number of aromatic nitrogens is 2. The van der Waals surface area contributed by atoms with Gasteiger partial charge in [-0.3, -0.25) is 9.97 Å². The molecular formula is C19H18N2O. The van der Waals surface area contributed by atoms with Gasteiger partial charge >= 0.3 is 0 Å². The minimum Gasteiger partial charge on any atom is -0.384 e. The standard InChI is InChI=1S/C19H18N2O/c1-19(22,16-10-7-12-20-14-16)18(15-8-3-2-4-9-15)17-11-5-6-13-21-17/h2-14,18,22H,1H3/t18-,19+/m0/s1. The van der Waals surface area contributed by atoms with Crippen LogP contribution in [0.25, 0.3) is 0 Å². The topological polar surface area (TPSA) is 46.0 Å². The van der Waals surface area contributed by atoms with Crippen LogP contribution in [0.1, 0.15) is 29.7 Å². The Balaban J connectivity index is 2.14. The highest BCUT2D eigenvalue weighted by Gasteiger charge is 2.37. The van der Waals surface area contributed by atoms with E-state index in [1.807, 2.05) is 67.6 Å². The van der Waals surface area contributed by atoms with Gasteiger partial charge in [-0.05, 0) is 30.7 Å². The predicted octanol–water partition coefficient (Wildman–Crippen LogP) is 3.52. The van der Waals surface area contributed by atoms with Crippen molar-refractivity contribution in [1.29, 1.82) is 0 Å². The van der Waals surface area contributed by atoms with E-state index in [4.69, 9.17) is 0 Å². The molecule has 2 atom stereocenters. The molecule has 3 rings (SSSR count). The Labute approximate surface area is 130 Å². The van der Waals surface area contributed by atoms with Crippen molar-refractivity contribution in [2.45, 2.75) is 18.4 Å². The molecule has 0 radical (unpaired) electrons. The second kappa shape index (κ2) is 6.08. The van der Waals surface area contributed by atoms with Crippen molar-refractivity contribution in [3.05, 3.63) is 96.1 Å². The lowest BCUT2D eigenvalue weighted by molar-refractivity contribution is 0.0377. The molecule has 3 nitrogen and oxygen atoms in total. The molecule has 3 aromatic rings. The Morgan fingerprint density at radius 2 is 1.68 bits per heavy atom. The van der Waals surface area contributed by atoms with Gasteiger partial charge in [0, 0.05) is 24.2 Å². The molecule has 0 saturated carbocycles. The molecule has 22 heavy (non-hydrogen) atoms. The Morgan fingerprint density at radius 1 is 0.909 bits per heavy atom. The fourth-order valence-corrected chi connectivity index (χ4v) is 2.80. The van der Waals surface area contributed by atoms with E-state index in [-0.39, 0.29) is 5.92 Å². The maximum atomic E-state index is 11.3. The van der Waals surface area contributed by atoms with Crippen molar-refractivity contribution >= 4 is 0 Å². The van der Waals surface area contributed by atoms with E-state index in [2.05, 4.69) is 9.97 Å². The highest BCUT2D eigenvalue weighted by atomic mass is 16.3. The molecule has 0 aliphatic rings. The van der Waals surface area contributed by atoms with Crippen molar-refractivity contribution in [3.8, 4) is 0 Å². The fraction of sp³-hybridized carbons (Fsp3) is 0.158. The molecule has 2 heterocycles. The quantitative estimate of drug-likeness (QED) is 0.799. The first-order valence-electron chi connectivity index (χ1n) is 7.28. The van der Waals surface area contributed by atoms with Gasteiger partial charge in [0.2, 0.25) is 0 Å². The zero-order valence-electron chi connectivity index (χ0n) is 12.4. The third-order valence-corrected chi connectivity index (χ3v) is 3.92. The molecule has 0 saturated heterocycles. The first-order chi connectivity index (χ1) is 10.7. The summed E-state index contributed by atoms with van der Waals surface area (Å²) in [4.78, 5) is 8.61. The average Bonchev–Trinajstić information content (AvgIpc) is 2.58. The molecule has 0 unspecified atom stereocenters. The zero-order chi connectivity index (χ0) is 15.4. The summed E-state index contributed by atoms with van der Waals surface area (Å²) >= 11 is 0. The lowest BCUT2D eigenvalue weighted by Gasteiger charge is -2.33. The van der Waals surface area contributed by atoms with Crippen molar-refractivity contribution in [1.82, 2.24) is 9.97 Å². The number of hydrogen-bond donors (Lipinski definition) is 1. The molecule has 0 aliphatic carbocycles. The Bertz CT molecular complexity index is 673. The van der Waals surface area contributed by atoms with Gasteiger partial charge < -0.3 is 5.11 Å². The van der Waals surface area contributed by atoms with Crippen LogP contribution in [-0.2, 0) is 5.60 Å². The van der Waals surface area contributed by atoms with E-state index in [1.54, 1.807) is 18.6 Å². The largest absolute Gasteiger partial charge is 0.384 e. The van der Waals surface area contributed by atoms with Gasteiger partial charge in [0.15, 0.2) is 0 Å². The maximum Gasteiger partial charge on any atom is 0.101 e. The third kappa shape index (κ3) is 2.76. The van der Waals surface area contributed by atoms with Crippen molar-refractivity contribution in [3.63, 3.8) is 0 Å². The molecule has 3 heteroatoms. The highest BCUT2D eigenvalue weighted by molar-refractivity contribution is 5.36. The Hall–Kier alpha value is -2.52. The number of benzene rings is 1. The molecule has 1 N–H and O–H groups in total. The van der Waals surface area contributed by atoms with Crippen LogP contribution in [0.3, 0.4) is 0 Å². The number of aliphatic hydroxyl groups is 1. The summed E-state index contributed by atoms with van der Waals surface area (Å²) in [5.41, 5.74) is 1.52. The van der Waals surface area contributed by atoms with Gasteiger partial charge in [-0.1, -0.05) is 42.5 Å². The monoisotopic (exact) mass is 290 g/mol. The van der Waals surface area contributed by atoms with E-state index in [9.17, 15) is 5.11 Å². The minimum absolute atomic E-state index is 0.265. The Kier molecular flexibility index (Phi) is 3.98. The first-order valence-corrected chi connectivity index (χ1v) is 7.28. The zero-order valence-corrected chi connectivity index (χ0v) is 12.4. The molecule has 2 aromatic heterocycles. The molecular weight excluding hydrogens is 272 g/mol. The second-order valence-electron chi connectivity index (χ2n) is 5.49. The average molecular weight is 290 g/mol. The van der Waals surface area contributed by atoms with Crippen LogP contribution in [0.2, 0.25) is 0 Å². The van der Waals surface area contributed by atoms with E-state index in [0.29, 0.717) is 0 Å². The summed E-state index contributed by atoms with van der Waals surface area (Å²) in [6.07, 6.45) is 5.17. The fourth-order valence-electron chi connectivity index (χ4n) is 2.80. The van der Waals surface area contributed by atoms with Crippen LogP contribution < -0.4 is 0 Å². The Morgan fingerprint density at radius 3 is 2.32 bits per heavy atom. The molecule has 0 spiro atoms. The van der Waals surface area contributed by atoms with Crippen LogP contribution >= 0.6 is 0 Å². The smallest absolute Gasteiger partial charge is 0.101 e. The van der Waals surface area contributed by atoms with Crippen LogP contribution in [0, 0.1) is 0 Å². The lowest BCUT2D eigenvalue weighted by Crippen LogP contribution is -2.31. The van der Waals surface area contributed by atoms with Gasteiger partial charge in [-0.15, -0.1) is 0 Å². The SMILES string of the molecule is C[C@@](O)(c1cccnc1)[C@@H](c1ccccc1)c1ccccn1. The van der Waals surface area contributed by atoms with E-state index < -0.39 is 5.60 Å². The number of hydrogen-bond acceptors (Lipinski definition) is 3. The summed E-state index contributed by atoms with van der Waals surface area (Å²) < 4.78 is 0. The number of rotatable bonds is 4. The summed E-state index contributed by atoms with van der Waals surface area (Å²) in [6, 6.07) is 19.5. The lowest BCUT2D eigenvalue weighted by atomic mass is 9.77. The number of nitrogens with zero attached hydrogens (tertiary/aromatic N) is 2. The van der Waals surface area contributed by atoms with Gasteiger partial charge in [-0.25, -0.2) is 0 Å². The van der Waals surface area contributed by atoms with Gasteiger partial charge in [-0.2, -0.15) is 0 Å². The van der Waals surface area contributed by atoms with Crippen LogP contribution in [0.5, 0.6) is 0 Å². The summed E-state index contributed by atoms with van der Waals surface area (Å²) in [6.45, 7) is 1.82. The highest BCUT2D eigenvalue weighted by Crippen LogP contribution is 2.40. The number of pyridine rings is 2. The van der Waals surface area contributed by atoms with Gasteiger partial charge in [0.1, 0.15) is 5.60 Å². The van der Waals surface area contributed by atoms with Crippen LogP contribution in [-0.4, -0.2) is 15.1 Å². The van der Waals surface area contributed by atoms with Crippen molar-refractivity contribution < 1.29 is 5.11 Å². The molecule has 0 bridgehead atoms.